The number of rotatable bonds is 4. The summed E-state index contributed by atoms with van der Waals surface area (Å²) in [4.78, 5) is 7.51. The Bertz CT molecular complexity index is 78.6. The van der Waals surface area contributed by atoms with E-state index in [0.29, 0.717) is 6.54 Å². The first-order chi connectivity index (χ1) is 3.85. The van der Waals surface area contributed by atoms with Crippen LogP contribution in [0.2, 0.25) is 0 Å². The molecule has 0 radical (unpaired) electrons. The molecule has 0 spiro atoms. The van der Waals surface area contributed by atoms with E-state index in [2.05, 4.69) is 30.3 Å². The van der Waals surface area contributed by atoms with E-state index in [-0.39, 0.29) is 6.04 Å². The van der Waals surface area contributed by atoms with Gasteiger partial charge in [-0.25, -0.2) is 0 Å². The Morgan fingerprint density at radius 2 is 2.12 bits per heavy atom. The van der Waals surface area contributed by atoms with Gasteiger partial charge in [-0.3, -0.25) is 9.98 Å². The second-order valence-electron chi connectivity index (χ2n) is 1.65. The van der Waals surface area contributed by atoms with E-state index in [1.165, 1.54) is 0 Å². The number of hydrogen-bond acceptors (Lipinski definition) is 2. The van der Waals surface area contributed by atoms with Gasteiger partial charge in [0.2, 0.25) is 0 Å². The monoisotopic (exact) mass is 112 g/mol. The van der Waals surface area contributed by atoms with Gasteiger partial charge in [-0.15, -0.1) is 0 Å². The van der Waals surface area contributed by atoms with Gasteiger partial charge < -0.3 is 0 Å². The Balaban J connectivity index is 3.35. The van der Waals surface area contributed by atoms with E-state index >= 15 is 0 Å². The molecule has 0 saturated carbocycles. The second-order valence-corrected chi connectivity index (χ2v) is 1.65. The van der Waals surface area contributed by atoms with Crippen molar-refractivity contribution >= 4 is 13.4 Å². The summed E-state index contributed by atoms with van der Waals surface area (Å²) in [6.45, 7) is 9.54. The summed E-state index contributed by atoms with van der Waals surface area (Å²) in [5.41, 5.74) is 0. The van der Waals surface area contributed by atoms with Crippen LogP contribution in [0.5, 0.6) is 0 Å². The van der Waals surface area contributed by atoms with E-state index in [1.807, 2.05) is 0 Å². The quantitative estimate of drug-likeness (QED) is 0.488. The minimum atomic E-state index is 0.285. The maximum Gasteiger partial charge on any atom is 0.0684 e. The molecule has 0 aromatic heterocycles. The van der Waals surface area contributed by atoms with Crippen LogP contribution in [0.1, 0.15) is 13.3 Å². The molecule has 0 heterocycles. The summed E-state index contributed by atoms with van der Waals surface area (Å²) in [6, 6.07) is 0.285. The average Bonchev–Trinajstić information content (AvgIpc) is 1.83. The molecule has 0 aliphatic rings. The fourth-order valence-electron chi connectivity index (χ4n) is 0.465. The highest BCUT2D eigenvalue weighted by molar-refractivity contribution is 5.25. The maximum atomic E-state index is 3.81. The lowest BCUT2D eigenvalue weighted by Gasteiger charge is -2.01. The van der Waals surface area contributed by atoms with Gasteiger partial charge in [-0.1, -0.05) is 6.92 Å². The average molecular weight is 112 g/mol. The van der Waals surface area contributed by atoms with Crippen molar-refractivity contribution in [2.45, 2.75) is 19.4 Å². The molecule has 0 amide bonds. The van der Waals surface area contributed by atoms with Crippen LogP contribution >= 0.6 is 0 Å². The summed E-state index contributed by atoms with van der Waals surface area (Å²) in [5, 5.41) is 0. The molecule has 8 heavy (non-hydrogen) atoms. The zero-order valence-electron chi connectivity index (χ0n) is 5.30. The molecule has 0 saturated heterocycles. The van der Waals surface area contributed by atoms with Gasteiger partial charge in [0.1, 0.15) is 0 Å². The van der Waals surface area contributed by atoms with Gasteiger partial charge in [0.25, 0.3) is 0 Å². The Morgan fingerprint density at radius 3 is 2.25 bits per heavy atom. The number of aliphatic imine (C=N–C) groups is 2. The summed E-state index contributed by atoms with van der Waals surface area (Å²) in [7, 11) is 0. The third-order valence-electron chi connectivity index (χ3n) is 1.07. The van der Waals surface area contributed by atoms with Crippen molar-refractivity contribution in [1.29, 1.82) is 0 Å². The third kappa shape index (κ3) is 2.50. The molecule has 0 N–H and O–H groups in total. The fourth-order valence-corrected chi connectivity index (χ4v) is 0.465. The Kier molecular flexibility index (Phi) is 4.13. The molecule has 0 aliphatic heterocycles. The Morgan fingerprint density at radius 1 is 1.50 bits per heavy atom. The summed E-state index contributed by atoms with van der Waals surface area (Å²) in [6.07, 6.45) is 1.00. The molecule has 1 atom stereocenters. The molecule has 0 aliphatic carbocycles. The van der Waals surface area contributed by atoms with Gasteiger partial charge in [-0.2, -0.15) is 0 Å². The van der Waals surface area contributed by atoms with Gasteiger partial charge in [0.05, 0.1) is 12.6 Å². The third-order valence-corrected chi connectivity index (χ3v) is 1.07. The second kappa shape index (κ2) is 4.50. The molecule has 2 nitrogen and oxygen atoms in total. The lowest BCUT2D eigenvalue weighted by molar-refractivity contribution is 0.670. The van der Waals surface area contributed by atoms with E-state index in [1.54, 1.807) is 0 Å². The standard InChI is InChI=1S/C6H12N2/c1-4-6(8-3)5-7-2/h6H,2-5H2,1H3. The van der Waals surface area contributed by atoms with E-state index in [4.69, 9.17) is 0 Å². The highest BCUT2D eigenvalue weighted by Crippen LogP contribution is 1.94. The number of hydrogen-bond donors (Lipinski definition) is 0. The first kappa shape index (κ1) is 7.34. The molecule has 0 bridgehead atoms. The molecule has 0 aromatic carbocycles. The fraction of sp³-hybridized carbons (Fsp3) is 0.667. The van der Waals surface area contributed by atoms with Crippen molar-refractivity contribution in [2.24, 2.45) is 9.98 Å². The van der Waals surface area contributed by atoms with Gasteiger partial charge in [-0.05, 0) is 19.9 Å². The van der Waals surface area contributed by atoms with Gasteiger partial charge >= 0.3 is 0 Å². The van der Waals surface area contributed by atoms with Crippen molar-refractivity contribution in [2.75, 3.05) is 6.54 Å². The molecule has 1 unspecified atom stereocenters. The highest BCUT2D eigenvalue weighted by Gasteiger charge is 1.96. The molecular formula is C6H12N2. The molecule has 0 rings (SSSR count). The van der Waals surface area contributed by atoms with Crippen molar-refractivity contribution < 1.29 is 0 Å². The van der Waals surface area contributed by atoms with Crippen LogP contribution in [0.25, 0.3) is 0 Å². The van der Waals surface area contributed by atoms with Crippen LogP contribution in [0.15, 0.2) is 9.98 Å². The number of nitrogens with zero attached hydrogens (tertiary/aromatic N) is 2. The normalized spacial score (nSPS) is 12.6. The molecule has 0 aromatic rings. The van der Waals surface area contributed by atoms with E-state index in [0.717, 1.165) is 6.42 Å². The van der Waals surface area contributed by atoms with Crippen LogP contribution in [0, 0.1) is 0 Å². The van der Waals surface area contributed by atoms with E-state index < -0.39 is 0 Å². The van der Waals surface area contributed by atoms with Crippen LogP contribution in [0.3, 0.4) is 0 Å². The van der Waals surface area contributed by atoms with Gasteiger partial charge in [0.15, 0.2) is 0 Å². The highest BCUT2D eigenvalue weighted by atomic mass is 14.8. The zero-order valence-corrected chi connectivity index (χ0v) is 5.30. The molecule has 46 valence electrons. The minimum Gasteiger partial charge on any atom is -0.299 e. The maximum absolute atomic E-state index is 3.81. The zero-order chi connectivity index (χ0) is 6.41. The first-order valence-corrected chi connectivity index (χ1v) is 2.73. The van der Waals surface area contributed by atoms with Crippen LogP contribution in [-0.2, 0) is 0 Å². The summed E-state index contributed by atoms with van der Waals surface area (Å²) >= 11 is 0. The first-order valence-electron chi connectivity index (χ1n) is 2.73. The smallest absolute Gasteiger partial charge is 0.0684 e. The van der Waals surface area contributed by atoms with E-state index in [9.17, 15) is 0 Å². The van der Waals surface area contributed by atoms with Gasteiger partial charge in [0, 0.05) is 0 Å². The topological polar surface area (TPSA) is 24.7 Å². The molecule has 0 fully saturated rings. The predicted molar refractivity (Wildman–Crippen MR) is 38.0 cm³/mol. The Hall–Kier alpha value is -0.660. The largest absolute Gasteiger partial charge is 0.299 e. The Labute approximate surface area is 50.4 Å². The summed E-state index contributed by atoms with van der Waals surface area (Å²) in [5.74, 6) is 0. The minimum absolute atomic E-state index is 0.285. The predicted octanol–water partition coefficient (Wildman–Crippen LogP) is 1.17. The molecule has 2 heteroatoms. The van der Waals surface area contributed by atoms with Crippen molar-refractivity contribution in [3.63, 3.8) is 0 Å². The van der Waals surface area contributed by atoms with Crippen molar-refractivity contribution in [1.82, 2.24) is 0 Å². The lowest BCUT2D eigenvalue weighted by atomic mass is 10.2. The van der Waals surface area contributed by atoms with Crippen molar-refractivity contribution in [3.05, 3.63) is 0 Å². The summed E-state index contributed by atoms with van der Waals surface area (Å²) < 4.78 is 0. The molecular weight excluding hydrogens is 100 g/mol. The van der Waals surface area contributed by atoms with Crippen LogP contribution < -0.4 is 0 Å². The lowest BCUT2D eigenvalue weighted by Crippen LogP contribution is -2.05. The van der Waals surface area contributed by atoms with Crippen LogP contribution in [-0.4, -0.2) is 26.0 Å². The van der Waals surface area contributed by atoms with Crippen molar-refractivity contribution in [3.8, 4) is 0 Å². The SMILES string of the molecule is C=NCC(CC)N=C. The van der Waals surface area contributed by atoms with Crippen LogP contribution in [0.4, 0.5) is 0 Å².